The number of aliphatic hydroxyl groups excluding tert-OH is 4. The van der Waals surface area contributed by atoms with Crippen molar-refractivity contribution in [3.05, 3.63) is 136 Å². The standard InChI is InChI=1S/C97H132N10O28/c1-10-55(4)88(82(119)43-64(38-60-25-30-68(112)31-26-60)91(130)102-74(37-54(2)3)78(115)41-65(46-86(124)125)90(129)101-56(5)19-16-17-35-98)106-93(132)67(52-108)44-79(116)75(40-61-27-32-69(113)33-28-61)103-92(131)66(47-87(126)127)42-80(117)77(53-109)105-95(134)73(58(7)111)49-81(118)76(39-59-20-12-11-13-21-59)104-94(133)72(57(6)110)48-70(114)51-99-89(128)62(29-34-85(122)123)45-84(121)97(8,9)83(120)24-18-36-107-96(135)71-23-15-14-22-63(71)50-100-107/h11-15,20-23,25-28,30-33,50,54-58,62,64-67,72-77,88,108-113H,10,16-19,24,29,34-49,51-53,98H2,1-9H3,(H,99,128)(H,101,129)(H,102,130)(H,103,131)(H,104,133)(H,105,134)(H,106,132)(H,122,123)(H,124,125)(H,126,127)/t55-,56+,57+,58+,62+,64+,65-,66-,67-,72-,73-,74-,75-,76-,77-,88-/m0/s1. The summed E-state index contributed by atoms with van der Waals surface area (Å²) in [5, 5.41) is 117. The lowest BCUT2D eigenvalue weighted by molar-refractivity contribution is -0.143. The van der Waals surface area contributed by atoms with Gasteiger partial charge in [0.05, 0.1) is 116 Å². The summed E-state index contributed by atoms with van der Waals surface area (Å²) < 4.78 is 1.19. The lowest BCUT2D eigenvalue weighted by atomic mass is 9.77. The number of phenols is 2. The van der Waals surface area contributed by atoms with Gasteiger partial charge >= 0.3 is 17.9 Å². The van der Waals surface area contributed by atoms with Crippen molar-refractivity contribution < 1.29 is 132 Å². The number of carboxylic acid groups (broad SMARTS) is 3. The number of carboxylic acids is 3. The molecule has 38 heteroatoms. The number of fused-ring (bicyclic) bond motifs is 1. The summed E-state index contributed by atoms with van der Waals surface area (Å²) in [6.45, 7) is 10.8. The molecule has 0 fully saturated rings. The first-order valence-electron chi connectivity index (χ1n) is 45.5. The number of phenolic OH excluding ortho intramolecular Hbond substituents is 2. The van der Waals surface area contributed by atoms with Crippen molar-refractivity contribution in [2.45, 2.75) is 252 Å². The number of aromatic hydroxyl groups is 2. The van der Waals surface area contributed by atoms with Crippen LogP contribution in [0.3, 0.4) is 0 Å². The number of carbonyl (C=O) groups excluding carboxylic acids is 15. The first-order chi connectivity index (χ1) is 63.7. The van der Waals surface area contributed by atoms with E-state index < -0.39 is 304 Å². The maximum absolute atomic E-state index is 14.9. The molecule has 1 heterocycles. The van der Waals surface area contributed by atoms with Gasteiger partial charge in [-0.3, -0.25) is 91.1 Å². The van der Waals surface area contributed by atoms with Gasteiger partial charge in [0, 0.05) is 87.6 Å². The molecule has 135 heavy (non-hydrogen) atoms. The van der Waals surface area contributed by atoms with Crippen molar-refractivity contribution in [1.29, 1.82) is 0 Å². The molecule has 0 saturated heterocycles. The predicted molar refractivity (Wildman–Crippen MR) is 491 cm³/mol. The molecule has 38 nitrogen and oxygen atoms in total. The molecule has 5 aromatic rings. The molecule has 5 rings (SSSR count). The zero-order chi connectivity index (χ0) is 101. The fraction of sp³-hybridized carbons (Fsp3) is 0.546. The number of amides is 7. The van der Waals surface area contributed by atoms with E-state index in [1.165, 1.54) is 73.3 Å². The first-order valence-corrected chi connectivity index (χ1v) is 45.5. The Hall–Kier alpha value is -12.5. The molecule has 18 N–H and O–H groups in total. The summed E-state index contributed by atoms with van der Waals surface area (Å²) in [6, 6.07) is 17.2. The Bertz CT molecular complexity index is 4980. The minimum absolute atomic E-state index is 0.0232. The van der Waals surface area contributed by atoms with Crippen LogP contribution >= 0.6 is 0 Å². The van der Waals surface area contributed by atoms with Gasteiger partial charge < -0.3 is 88.9 Å². The molecule has 0 aliphatic rings. The lowest BCUT2D eigenvalue weighted by Crippen LogP contribution is -2.52. The lowest BCUT2D eigenvalue weighted by Gasteiger charge is -2.28. The third kappa shape index (κ3) is 37.7. The number of nitrogens with two attached hydrogens (primary N) is 1. The van der Waals surface area contributed by atoms with Crippen LogP contribution in [-0.2, 0) is 112 Å². The Morgan fingerprint density at radius 1 is 0.444 bits per heavy atom. The quantitative estimate of drug-likeness (QED) is 0.0195. The second kappa shape index (κ2) is 56.0. The fourth-order valence-electron chi connectivity index (χ4n) is 15.5. The minimum atomic E-state index is -2.00. The van der Waals surface area contributed by atoms with Gasteiger partial charge in [0.25, 0.3) is 5.56 Å². The molecule has 0 bridgehead atoms. The van der Waals surface area contributed by atoms with Crippen LogP contribution in [0, 0.1) is 58.7 Å². The van der Waals surface area contributed by atoms with Gasteiger partial charge in [0.1, 0.15) is 29.1 Å². The van der Waals surface area contributed by atoms with Gasteiger partial charge in [-0.1, -0.05) is 113 Å². The molecule has 0 radical (unpaired) electrons. The van der Waals surface area contributed by atoms with Crippen LogP contribution < -0.4 is 48.5 Å². The monoisotopic (exact) mass is 1880 g/mol. The Balaban J connectivity index is 1.31. The summed E-state index contributed by atoms with van der Waals surface area (Å²) in [6.07, 6.45) is -9.14. The number of carbonyl (C=O) groups is 18. The Morgan fingerprint density at radius 3 is 1.45 bits per heavy atom. The number of aryl methyl sites for hydroxylation is 1. The molecule has 0 unspecified atom stereocenters. The first kappa shape index (κ1) is 113. The van der Waals surface area contributed by atoms with Gasteiger partial charge in [-0.15, -0.1) is 0 Å². The third-order valence-corrected chi connectivity index (χ3v) is 24.1. The van der Waals surface area contributed by atoms with Gasteiger partial charge in [-0.05, 0) is 151 Å². The molecule has 1 aromatic heterocycles. The molecule has 7 amide bonds. The number of aliphatic hydroxyl groups is 4. The number of hydrogen-bond acceptors (Lipinski definition) is 27. The highest BCUT2D eigenvalue weighted by Gasteiger charge is 2.42. The fourth-order valence-corrected chi connectivity index (χ4v) is 15.5. The summed E-state index contributed by atoms with van der Waals surface area (Å²) in [7, 11) is 0. The van der Waals surface area contributed by atoms with Crippen LogP contribution in [0.15, 0.2) is 114 Å². The van der Waals surface area contributed by atoms with E-state index in [9.17, 15) is 137 Å². The van der Waals surface area contributed by atoms with Crippen molar-refractivity contribution >= 4 is 116 Å². The van der Waals surface area contributed by atoms with Crippen molar-refractivity contribution in [2.24, 2.45) is 64.4 Å². The Labute approximate surface area is 782 Å². The molecule has 0 saturated carbocycles. The van der Waals surface area contributed by atoms with E-state index in [4.69, 9.17) is 5.73 Å². The number of Topliss-reactive ketones (excluding diaryl/α,β-unsaturated/α-hetero) is 8. The van der Waals surface area contributed by atoms with E-state index in [0.29, 0.717) is 47.7 Å². The average Bonchev–Trinajstić information content (AvgIpc) is 0.778. The van der Waals surface area contributed by atoms with Crippen LogP contribution in [0.5, 0.6) is 11.5 Å². The largest absolute Gasteiger partial charge is 0.508 e. The van der Waals surface area contributed by atoms with Crippen molar-refractivity contribution in [1.82, 2.24) is 47.0 Å². The van der Waals surface area contributed by atoms with Crippen molar-refractivity contribution in [2.75, 3.05) is 26.3 Å². The molecule has 0 spiro atoms. The molecule has 4 aromatic carbocycles. The molecule has 0 aliphatic carbocycles. The maximum atomic E-state index is 14.9. The zero-order valence-electron chi connectivity index (χ0n) is 77.8. The van der Waals surface area contributed by atoms with E-state index in [1.54, 1.807) is 89.2 Å². The van der Waals surface area contributed by atoms with Gasteiger partial charge in [-0.25, -0.2) is 4.68 Å². The molecular formula is C97H132N10O28. The minimum Gasteiger partial charge on any atom is -0.508 e. The number of nitrogens with zero attached hydrogens (tertiary/aromatic N) is 2. The number of ketones is 8. The van der Waals surface area contributed by atoms with E-state index in [1.807, 2.05) is 0 Å². The summed E-state index contributed by atoms with van der Waals surface area (Å²) in [5.74, 6) is -30.6. The van der Waals surface area contributed by atoms with Crippen molar-refractivity contribution in [3.8, 4) is 11.5 Å². The highest BCUT2D eigenvalue weighted by Crippen LogP contribution is 2.30. The van der Waals surface area contributed by atoms with Gasteiger partial charge in [0.2, 0.25) is 41.4 Å². The smallest absolute Gasteiger partial charge is 0.304 e. The molecule has 738 valence electrons. The SMILES string of the molecule is CC[C@H](C)[C@H](NC(=O)[C@H](CO)CC(=O)[C@H](Cc1ccc(O)cc1)NC(=O)[C@H](CC(=O)O)CC(=O)[C@H](CO)NC(=O)[C@@H](CC(=O)[C@H](Cc1ccccc1)NC(=O)[C@@H](CC(=O)CNC(=O)[C@H](CCC(=O)O)CC(=O)C(C)(C)C(=O)CCCn1ncc2ccccc2c1=O)[C@@H](C)O)[C@@H](C)O)C(=O)C[C@@H](Cc1ccc(O)cc1)C(=O)N[C@@H](CC(C)C)C(=O)C[C@@H](CC(=O)O)C(=O)N[C@H](C)CCCCN. The third-order valence-electron chi connectivity index (χ3n) is 24.1. The van der Waals surface area contributed by atoms with Crippen LogP contribution in [0.4, 0.5) is 0 Å². The Kier molecular flexibility index (Phi) is 46.9. The van der Waals surface area contributed by atoms with E-state index >= 15 is 0 Å². The van der Waals surface area contributed by atoms with E-state index in [-0.39, 0.29) is 73.6 Å². The summed E-state index contributed by atoms with van der Waals surface area (Å²) in [4.78, 5) is 263. The number of benzene rings is 4. The molecule has 0 aliphatic heterocycles. The maximum Gasteiger partial charge on any atom is 0.304 e. The van der Waals surface area contributed by atoms with Gasteiger partial charge in [0.15, 0.2) is 34.7 Å². The predicted octanol–water partition coefficient (Wildman–Crippen LogP) is 3.77. The van der Waals surface area contributed by atoms with Gasteiger partial charge in [-0.2, -0.15) is 5.10 Å². The Morgan fingerprint density at radius 2 is 0.919 bits per heavy atom. The number of hydrogen-bond donors (Lipinski definition) is 17. The zero-order valence-corrected chi connectivity index (χ0v) is 77.8. The summed E-state index contributed by atoms with van der Waals surface area (Å²) >= 11 is 0. The number of aromatic nitrogens is 2. The van der Waals surface area contributed by atoms with Crippen LogP contribution in [0.2, 0.25) is 0 Å². The average molecular weight is 1890 g/mol. The summed E-state index contributed by atoms with van der Waals surface area (Å²) in [5.41, 5.74) is 4.68. The normalized spacial score (nSPS) is 15.1. The highest BCUT2D eigenvalue weighted by atomic mass is 16.4. The van der Waals surface area contributed by atoms with Crippen LogP contribution in [0.25, 0.3) is 10.8 Å². The van der Waals surface area contributed by atoms with E-state index in [0.717, 1.165) is 13.8 Å². The topological polar surface area (TPSA) is 634 Å². The number of aliphatic carboxylic acids is 3. The van der Waals surface area contributed by atoms with E-state index in [2.05, 4.69) is 42.3 Å². The molecular weight excluding hydrogens is 1750 g/mol. The highest BCUT2D eigenvalue weighted by molar-refractivity contribution is 6.07. The second-order valence-corrected chi connectivity index (χ2v) is 35.9. The number of nitrogens with one attached hydrogen (secondary N) is 7. The number of rotatable bonds is 65. The molecule has 16 atom stereocenters. The van der Waals surface area contributed by atoms with Crippen LogP contribution in [0.1, 0.15) is 195 Å². The van der Waals surface area contributed by atoms with Crippen LogP contribution in [-0.4, -0.2) is 236 Å². The van der Waals surface area contributed by atoms with Crippen molar-refractivity contribution in [3.63, 3.8) is 0 Å². The second-order valence-electron chi connectivity index (χ2n) is 35.9. The number of unbranched alkanes of at least 4 members (excludes halogenated alkanes) is 1.